The van der Waals surface area contributed by atoms with E-state index in [0.717, 1.165) is 11.1 Å². The Hall–Kier alpha value is -0.870. The second kappa shape index (κ2) is 3.86. The summed E-state index contributed by atoms with van der Waals surface area (Å²) >= 11 is 0. The maximum atomic E-state index is 12.3. The number of aryl methyl sites for hydroxylation is 1. The highest BCUT2D eigenvalue weighted by molar-refractivity contribution is 7.92. The summed E-state index contributed by atoms with van der Waals surface area (Å²) < 4.78 is 24.5. The molecule has 2 unspecified atom stereocenters. The number of fused-ring (bicyclic) bond motifs is 1. The van der Waals surface area contributed by atoms with Crippen LogP contribution in [0.15, 0.2) is 23.1 Å². The molecule has 0 aromatic heterocycles. The van der Waals surface area contributed by atoms with Gasteiger partial charge in [-0.3, -0.25) is 0 Å². The Labute approximate surface area is 96.8 Å². The molecule has 0 aliphatic carbocycles. The van der Waals surface area contributed by atoms with Crippen molar-refractivity contribution in [3.05, 3.63) is 29.3 Å². The first-order chi connectivity index (χ1) is 7.52. The van der Waals surface area contributed by atoms with Gasteiger partial charge in [-0.2, -0.15) is 0 Å². The van der Waals surface area contributed by atoms with Gasteiger partial charge in [0, 0.05) is 0 Å². The second-order valence-electron chi connectivity index (χ2n) is 4.30. The summed E-state index contributed by atoms with van der Waals surface area (Å²) in [5.74, 6) is 0. The zero-order valence-corrected chi connectivity index (χ0v) is 10.6. The largest absolute Gasteiger partial charge is 0.312 e. The molecule has 0 radical (unpaired) electrons. The van der Waals surface area contributed by atoms with Gasteiger partial charge in [-0.25, -0.2) is 8.42 Å². The lowest BCUT2D eigenvalue weighted by Gasteiger charge is -2.16. The molecule has 0 fully saturated rings. The molecule has 1 aliphatic heterocycles. The van der Waals surface area contributed by atoms with Crippen molar-refractivity contribution >= 4 is 9.84 Å². The van der Waals surface area contributed by atoms with Crippen LogP contribution in [0, 0.1) is 6.92 Å². The van der Waals surface area contributed by atoms with Crippen molar-refractivity contribution in [1.82, 2.24) is 5.32 Å². The Bertz CT molecular complexity index is 508. The lowest BCUT2D eigenvalue weighted by molar-refractivity contribution is 0.528. The summed E-state index contributed by atoms with van der Waals surface area (Å²) in [6.45, 7) is 3.91. The van der Waals surface area contributed by atoms with E-state index in [1.165, 1.54) is 0 Å². The van der Waals surface area contributed by atoms with Crippen LogP contribution in [0.1, 0.15) is 30.5 Å². The summed E-state index contributed by atoms with van der Waals surface area (Å²) in [6, 6.07) is 5.51. The van der Waals surface area contributed by atoms with Crippen molar-refractivity contribution in [2.24, 2.45) is 0 Å². The van der Waals surface area contributed by atoms with Crippen molar-refractivity contribution in [2.45, 2.75) is 36.5 Å². The van der Waals surface area contributed by atoms with Crippen molar-refractivity contribution in [3.63, 3.8) is 0 Å². The summed E-state index contributed by atoms with van der Waals surface area (Å²) in [6.07, 6.45) is 0.640. The van der Waals surface area contributed by atoms with Crippen LogP contribution in [-0.2, 0) is 9.84 Å². The Morgan fingerprint density at radius 1 is 1.38 bits per heavy atom. The molecule has 0 bridgehead atoms. The van der Waals surface area contributed by atoms with Crippen LogP contribution in [0.3, 0.4) is 0 Å². The average Bonchev–Trinajstić information content (AvgIpc) is 2.45. The Morgan fingerprint density at radius 3 is 2.62 bits per heavy atom. The van der Waals surface area contributed by atoms with Crippen molar-refractivity contribution in [2.75, 3.05) is 7.05 Å². The Kier molecular flexibility index (Phi) is 2.80. The van der Waals surface area contributed by atoms with E-state index < -0.39 is 9.84 Å². The normalized spacial score (nSPS) is 26.7. The van der Waals surface area contributed by atoms with E-state index in [9.17, 15) is 8.42 Å². The Balaban J connectivity index is 2.67. The van der Waals surface area contributed by atoms with E-state index in [2.05, 4.69) is 5.32 Å². The van der Waals surface area contributed by atoms with Gasteiger partial charge in [0.15, 0.2) is 9.84 Å². The van der Waals surface area contributed by atoms with Crippen LogP contribution in [0.5, 0.6) is 0 Å². The highest BCUT2D eigenvalue weighted by Crippen LogP contribution is 2.40. The number of sulfone groups is 1. The first-order valence-electron chi connectivity index (χ1n) is 5.54. The lowest BCUT2D eigenvalue weighted by Crippen LogP contribution is -2.28. The highest BCUT2D eigenvalue weighted by atomic mass is 32.2. The van der Waals surface area contributed by atoms with Gasteiger partial charge in [0.2, 0.25) is 0 Å². The zero-order valence-electron chi connectivity index (χ0n) is 9.82. The molecule has 1 aliphatic rings. The third kappa shape index (κ3) is 1.48. The zero-order chi connectivity index (χ0) is 11.9. The van der Waals surface area contributed by atoms with Gasteiger partial charge in [-0.1, -0.05) is 24.6 Å². The summed E-state index contributed by atoms with van der Waals surface area (Å²) in [5.41, 5.74) is 2.03. The highest BCUT2D eigenvalue weighted by Gasteiger charge is 2.42. The second-order valence-corrected chi connectivity index (χ2v) is 6.43. The molecule has 1 aromatic rings. The third-order valence-electron chi connectivity index (χ3n) is 3.29. The first kappa shape index (κ1) is 11.6. The molecule has 3 nitrogen and oxygen atoms in total. The van der Waals surface area contributed by atoms with E-state index in [1.54, 1.807) is 6.07 Å². The number of hydrogen-bond donors (Lipinski definition) is 1. The predicted molar refractivity (Wildman–Crippen MR) is 64.2 cm³/mol. The van der Waals surface area contributed by atoms with Crippen molar-refractivity contribution in [1.29, 1.82) is 0 Å². The molecule has 0 amide bonds. The van der Waals surface area contributed by atoms with Gasteiger partial charge in [0.05, 0.1) is 16.2 Å². The van der Waals surface area contributed by atoms with Gasteiger partial charge >= 0.3 is 0 Å². The SMILES string of the molecule is CCC1C(NC)c2cc(C)ccc2S1(=O)=O. The first-order valence-corrected chi connectivity index (χ1v) is 7.08. The van der Waals surface area contributed by atoms with Gasteiger partial charge < -0.3 is 5.32 Å². The maximum absolute atomic E-state index is 12.3. The quantitative estimate of drug-likeness (QED) is 0.856. The molecule has 88 valence electrons. The summed E-state index contributed by atoms with van der Waals surface area (Å²) in [7, 11) is -1.32. The molecule has 2 atom stereocenters. The lowest BCUT2D eigenvalue weighted by atomic mass is 10.0. The molecule has 0 saturated heterocycles. The molecule has 0 saturated carbocycles. The standard InChI is InChI=1S/C12H17NO2S/c1-4-10-12(13-3)9-7-8(2)5-6-11(9)16(10,14)15/h5-7,10,12-13H,4H2,1-3H3. The van der Waals surface area contributed by atoms with E-state index in [1.807, 2.05) is 33.0 Å². The van der Waals surface area contributed by atoms with Crippen molar-refractivity contribution in [3.8, 4) is 0 Å². The van der Waals surface area contributed by atoms with Gasteiger partial charge in [-0.15, -0.1) is 0 Å². The molecule has 16 heavy (non-hydrogen) atoms. The molecule has 2 rings (SSSR count). The van der Waals surface area contributed by atoms with Crippen LogP contribution in [0.2, 0.25) is 0 Å². The maximum Gasteiger partial charge on any atom is 0.183 e. The molecular weight excluding hydrogens is 222 g/mol. The van der Waals surface area contributed by atoms with Crippen LogP contribution in [-0.4, -0.2) is 20.7 Å². The fraction of sp³-hybridized carbons (Fsp3) is 0.500. The molecule has 0 spiro atoms. The fourth-order valence-electron chi connectivity index (χ4n) is 2.51. The van der Waals surface area contributed by atoms with E-state index in [4.69, 9.17) is 0 Å². The Morgan fingerprint density at radius 2 is 2.06 bits per heavy atom. The molecule has 1 heterocycles. The summed E-state index contributed by atoms with van der Waals surface area (Å²) in [4.78, 5) is 0.504. The molecule has 1 N–H and O–H groups in total. The van der Waals surface area contributed by atoms with Gasteiger partial charge in [0.25, 0.3) is 0 Å². The number of nitrogens with one attached hydrogen (secondary N) is 1. The third-order valence-corrected chi connectivity index (χ3v) is 5.68. The molecule has 1 aromatic carbocycles. The van der Waals surface area contributed by atoms with Gasteiger partial charge in [0.1, 0.15) is 0 Å². The minimum atomic E-state index is -3.14. The minimum Gasteiger partial charge on any atom is -0.312 e. The smallest absolute Gasteiger partial charge is 0.183 e. The van der Waals surface area contributed by atoms with Crippen molar-refractivity contribution < 1.29 is 8.42 Å². The number of benzene rings is 1. The average molecular weight is 239 g/mol. The fourth-order valence-corrected chi connectivity index (χ4v) is 4.69. The van der Waals surface area contributed by atoms with Crippen LogP contribution in [0.25, 0.3) is 0 Å². The topological polar surface area (TPSA) is 46.2 Å². The number of hydrogen-bond acceptors (Lipinski definition) is 3. The van der Waals surface area contributed by atoms with E-state index in [-0.39, 0.29) is 11.3 Å². The molecular formula is C12H17NO2S. The van der Waals surface area contributed by atoms with Gasteiger partial charge in [-0.05, 0) is 32.0 Å². The van der Waals surface area contributed by atoms with E-state index >= 15 is 0 Å². The van der Waals surface area contributed by atoms with Crippen LogP contribution >= 0.6 is 0 Å². The van der Waals surface area contributed by atoms with Crippen LogP contribution in [0.4, 0.5) is 0 Å². The van der Waals surface area contributed by atoms with Crippen LogP contribution < -0.4 is 5.32 Å². The predicted octanol–water partition coefficient (Wildman–Crippen LogP) is 1.82. The minimum absolute atomic E-state index is 0.0649. The van der Waals surface area contributed by atoms with E-state index in [0.29, 0.717) is 11.3 Å². The summed E-state index contributed by atoms with van der Waals surface area (Å²) in [5, 5.41) is 2.80. The molecule has 4 heteroatoms. The monoisotopic (exact) mass is 239 g/mol. The number of rotatable bonds is 2.